The number of nitrogens with zero attached hydrogens (tertiary/aromatic N) is 3. The molecule has 17 heteroatoms. The van der Waals surface area contributed by atoms with Gasteiger partial charge in [-0.15, -0.1) is 0 Å². The second-order valence-electron chi connectivity index (χ2n) is 20.9. The van der Waals surface area contributed by atoms with Crippen LogP contribution in [0.5, 0.6) is 28.7 Å². The molecule has 1 aliphatic carbocycles. The van der Waals surface area contributed by atoms with E-state index in [1.165, 1.54) is 7.11 Å². The average molecular weight is 1030 g/mol. The summed E-state index contributed by atoms with van der Waals surface area (Å²) in [4.78, 5) is 72.6. The molecule has 75 heavy (non-hydrogen) atoms. The highest BCUT2D eigenvalue weighted by Crippen LogP contribution is 2.57. The quantitative estimate of drug-likeness (QED) is 0.0730. The van der Waals surface area contributed by atoms with Gasteiger partial charge in [0.2, 0.25) is 5.91 Å². The van der Waals surface area contributed by atoms with Crippen molar-refractivity contribution < 1.29 is 57.5 Å². The van der Waals surface area contributed by atoms with Crippen LogP contribution in [0.2, 0.25) is 0 Å². The van der Waals surface area contributed by atoms with E-state index in [2.05, 4.69) is 5.32 Å². The molecule has 9 rings (SSSR count). The summed E-state index contributed by atoms with van der Waals surface area (Å²) in [5.74, 6) is 1.48. The van der Waals surface area contributed by atoms with Gasteiger partial charge >= 0.3 is 6.09 Å². The number of Topliss-reactive ketones (excluding diaryl/α,β-unsaturated/α-hetero) is 1. The van der Waals surface area contributed by atoms with Gasteiger partial charge in [-0.2, -0.15) is 0 Å². The molecule has 2 unspecified atom stereocenters. The third-order valence-electron chi connectivity index (χ3n) is 15.5. The van der Waals surface area contributed by atoms with Crippen molar-refractivity contribution >= 4 is 40.9 Å². The summed E-state index contributed by atoms with van der Waals surface area (Å²) in [6.07, 6.45) is 6.65. The van der Waals surface area contributed by atoms with Crippen molar-refractivity contribution in [1.29, 1.82) is 0 Å². The predicted molar refractivity (Wildman–Crippen MR) is 280 cm³/mol. The standard InChI is InChI=1S/C58H69N5O12/c1-34(2)52(59)53(65)60-35(3)47(64)24-36-10-12-37(13-11-36)32-75-57(69)63-45-29-51(49(72-6)28-44(45)55(67)62-33-58(20-21-58)30-46(62)56(63)68)74-23-9-7-8-22-73-50-26-39-14-17-41-25-40(38-15-18-42(70-4)19-16-38)31-61(41)54(66)43(39)27-48(50)71-5/h10-13,15-16,18-19,26-29,31,34-35,41,46,52,56,68H,7-9,14,17,20-25,30,32-33,59H2,1-6H3,(H,60,65)/t35?,41-,46-,52+,56?/m0/s1. The first-order chi connectivity index (χ1) is 36.1. The largest absolute Gasteiger partial charge is 0.497 e. The molecule has 4 N–H and O–H groups in total. The number of anilines is 1. The lowest BCUT2D eigenvalue weighted by Crippen LogP contribution is -2.50. The van der Waals surface area contributed by atoms with Crippen LogP contribution in [0.15, 0.2) is 79.0 Å². The molecule has 1 saturated heterocycles. The van der Waals surface area contributed by atoms with Gasteiger partial charge in [0, 0.05) is 36.8 Å². The smallest absolute Gasteiger partial charge is 0.416 e. The van der Waals surface area contributed by atoms with Crippen LogP contribution in [0.4, 0.5) is 10.5 Å². The van der Waals surface area contributed by atoms with E-state index in [9.17, 15) is 29.1 Å². The van der Waals surface area contributed by atoms with Crippen molar-refractivity contribution in [2.45, 2.75) is 122 Å². The van der Waals surface area contributed by atoms with Gasteiger partial charge in [0.25, 0.3) is 11.8 Å². The van der Waals surface area contributed by atoms with Crippen molar-refractivity contribution in [3.8, 4) is 28.7 Å². The fraction of sp³-hybridized carbons (Fsp3) is 0.466. The monoisotopic (exact) mass is 1030 g/mol. The maximum atomic E-state index is 14.3. The Hall–Kier alpha value is -7.11. The van der Waals surface area contributed by atoms with E-state index in [-0.39, 0.29) is 71.8 Å². The zero-order valence-electron chi connectivity index (χ0n) is 43.7. The molecular weight excluding hydrogens is 959 g/mol. The molecule has 1 saturated carbocycles. The van der Waals surface area contributed by atoms with Crippen LogP contribution in [0, 0.1) is 11.3 Å². The highest BCUT2D eigenvalue weighted by atomic mass is 16.6. The number of hydrogen-bond acceptors (Lipinski definition) is 13. The zero-order valence-corrected chi connectivity index (χ0v) is 43.7. The maximum absolute atomic E-state index is 14.3. The van der Waals surface area contributed by atoms with Gasteiger partial charge in [-0.1, -0.05) is 50.2 Å². The minimum atomic E-state index is -1.40. The number of ketones is 1. The normalized spacial score (nSPS) is 19.9. The van der Waals surface area contributed by atoms with Gasteiger partial charge in [0.15, 0.2) is 35.0 Å². The minimum Gasteiger partial charge on any atom is -0.497 e. The molecule has 398 valence electrons. The molecule has 4 aromatic rings. The summed E-state index contributed by atoms with van der Waals surface area (Å²) in [5.41, 5.74) is 11.3. The number of methoxy groups -OCH3 is 3. The van der Waals surface area contributed by atoms with Crippen molar-refractivity contribution in [3.05, 3.63) is 112 Å². The summed E-state index contributed by atoms with van der Waals surface area (Å²) < 4.78 is 35.2. The molecule has 1 spiro atoms. The Balaban J connectivity index is 0.813. The number of ether oxygens (including phenoxy) is 6. The maximum Gasteiger partial charge on any atom is 0.416 e. The molecule has 4 amide bonds. The Morgan fingerprint density at radius 2 is 1.45 bits per heavy atom. The minimum absolute atomic E-state index is 0.0519. The molecule has 5 aliphatic rings. The molecule has 4 heterocycles. The van der Waals surface area contributed by atoms with Gasteiger partial charge in [0.1, 0.15) is 12.4 Å². The molecule has 5 atom stereocenters. The number of unbranched alkanes of at least 4 members (excludes halogenated alkanes) is 2. The molecule has 4 aliphatic heterocycles. The Labute approximate surface area is 438 Å². The fourth-order valence-electron chi connectivity index (χ4n) is 10.6. The topological polar surface area (TPSA) is 209 Å². The molecule has 2 fully saturated rings. The molecule has 0 aromatic heterocycles. The van der Waals surface area contributed by atoms with E-state index in [0.29, 0.717) is 72.1 Å². The van der Waals surface area contributed by atoms with E-state index in [4.69, 9.17) is 34.2 Å². The number of aliphatic hydroxyl groups excluding tert-OH is 1. The van der Waals surface area contributed by atoms with Crippen molar-refractivity contribution in [2.75, 3.05) is 46.0 Å². The second-order valence-corrected chi connectivity index (χ2v) is 20.9. The highest BCUT2D eigenvalue weighted by molar-refractivity contribution is 6.06. The van der Waals surface area contributed by atoms with E-state index < -0.39 is 30.4 Å². The first-order valence-corrected chi connectivity index (χ1v) is 26.1. The van der Waals surface area contributed by atoms with E-state index >= 15 is 0 Å². The third kappa shape index (κ3) is 11.3. The van der Waals surface area contributed by atoms with Crippen LogP contribution in [0.3, 0.4) is 0 Å². The Morgan fingerprint density at radius 1 is 0.800 bits per heavy atom. The van der Waals surface area contributed by atoms with Gasteiger partial charge < -0.3 is 54.4 Å². The van der Waals surface area contributed by atoms with E-state index in [0.717, 1.165) is 65.9 Å². The summed E-state index contributed by atoms with van der Waals surface area (Å²) in [5, 5.41) is 14.7. The number of nitrogens with one attached hydrogen (secondary N) is 1. The van der Waals surface area contributed by atoms with Crippen molar-refractivity contribution in [2.24, 2.45) is 17.1 Å². The molecule has 17 nitrogen and oxygen atoms in total. The van der Waals surface area contributed by atoms with Gasteiger partial charge in [-0.3, -0.25) is 19.2 Å². The van der Waals surface area contributed by atoms with E-state index in [1.807, 2.05) is 55.3 Å². The summed E-state index contributed by atoms with van der Waals surface area (Å²) in [6, 6.07) is 19.8. The predicted octanol–water partition coefficient (Wildman–Crippen LogP) is 7.61. The summed E-state index contributed by atoms with van der Waals surface area (Å²) >= 11 is 0. The third-order valence-corrected chi connectivity index (χ3v) is 15.5. The Bertz CT molecular complexity index is 2830. The first kappa shape index (κ1) is 52.7. The summed E-state index contributed by atoms with van der Waals surface area (Å²) in [7, 11) is 4.70. The Morgan fingerprint density at radius 3 is 2.09 bits per heavy atom. The number of hydrogen-bond donors (Lipinski definition) is 3. The number of carbonyl (C=O) groups is 5. The van der Waals surface area contributed by atoms with Crippen LogP contribution in [0.25, 0.3) is 5.57 Å². The number of aryl methyl sites for hydroxylation is 1. The van der Waals surface area contributed by atoms with Crippen LogP contribution in [0.1, 0.15) is 115 Å². The number of benzene rings is 4. The number of nitrogens with two attached hydrogens (primary N) is 1. The number of aliphatic hydroxyl groups is 1. The van der Waals surface area contributed by atoms with Crippen LogP contribution < -0.4 is 39.6 Å². The Kier molecular flexibility index (Phi) is 15.7. The number of fused-ring (bicyclic) bond motifs is 4. The van der Waals surface area contributed by atoms with Crippen LogP contribution in [-0.4, -0.2) is 116 Å². The molecule has 4 aromatic carbocycles. The number of amides is 4. The molecule has 0 radical (unpaired) electrons. The lowest BCUT2D eigenvalue weighted by atomic mass is 9.97. The lowest BCUT2D eigenvalue weighted by Gasteiger charge is -2.31. The van der Waals surface area contributed by atoms with Crippen LogP contribution in [-0.2, 0) is 33.8 Å². The van der Waals surface area contributed by atoms with Crippen LogP contribution >= 0.6 is 0 Å². The number of carbonyl (C=O) groups excluding carboxylic acids is 5. The zero-order chi connectivity index (χ0) is 53.1. The molecule has 0 bridgehead atoms. The van der Waals surface area contributed by atoms with E-state index in [1.54, 1.807) is 68.5 Å². The number of rotatable bonds is 20. The highest BCUT2D eigenvalue weighted by Gasteiger charge is 2.58. The lowest BCUT2D eigenvalue weighted by molar-refractivity contribution is -0.128. The van der Waals surface area contributed by atoms with Crippen molar-refractivity contribution in [1.82, 2.24) is 15.1 Å². The first-order valence-electron chi connectivity index (χ1n) is 26.1. The fourth-order valence-corrected chi connectivity index (χ4v) is 10.6. The SMILES string of the molecule is COc1ccc(C2=CN3C(=O)c4cc(OC)c(OCCCCCOc5cc6c(cc5OC)C(=O)N5CC7(CC7)C[C@H]5C(O)N6C(=O)OCc5ccc(CC(=O)C(C)NC(=O)[C@H](N)C(C)C)cc5)cc4CC[C@H]3C2)cc1. The van der Waals surface area contributed by atoms with Gasteiger partial charge in [-0.25, -0.2) is 9.69 Å². The average Bonchev–Trinajstić information content (AvgIpc) is 3.95. The van der Waals surface area contributed by atoms with Gasteiger partial charge in [0.05, 0.1) is 63.9 Å². The van der Waals surface area contributed by atoms with Crippen molar-refractivity contribution in [3.63, 3.8) is 0 Å². The second kappa shape index (κ2) is 22.4. The summed E-state index contributed by atoms with van der Waals surface area (Å²) in [6.45, 7) is 6.33. The van der Waals surface area contributed by atoms with Gasteiger partial charge in [-0.05, 0) is 134 Å². The molecular formula is C58H69N5O12.